The number of nitrogens with one attached hydrogen (secondary N) is 1. The predicted octanol–water partition coefficient (Wildman–Crippen LogP) is 3.35. The van der Waals surface area contributed by atoms with Gasteiger partial charge in [-0.25, -0.2) is 4.98 Å². The topological polar surface area (TPSA) is 43.8 Å². The molecule has 0 radical (unpaired) electrons. The van der Waals surface area contributed by atoms with Crippen LogP contribution < -0.4 is 10.2 Å². The number of rotatable bonds is 4. The van der Waals surface area contributed by atoms with Gasteiger partial charge in [0.05, 0.1) is 10.7 Å². The lowest BCUT2D eigenvalue weighted by molar-refractivity contribution is 0.372. The van der Waals surface area contributed by atoms with E-state index in [1.54, 1.807) is 11.3 Å². The van der Waals surface area contributed by atoms with E-state index in [9.17, 15) is 0 Å². The largest absolute Gasteiger partial charge is 0.368 e. The van der Waals surface area contributed by atoms with Crippen LogP contribution in [-0.4, -0.2) is 55.6 Å². The van der Waals surface area contributed by atoms with Gasteiger partial charge in [0.1, 0.15) is 0 Å². The van der Waals surface area contributed by atoms with Crippen LogP contribution in [0.4, 0.5) is 5.69 Å². The predicted molar refractivity (Wildman–Crippen MR) is 112 cm³/mol. The SMILES string of the molecule is CN=C(NCCc1csc(C)n1)N1CCN(c2cc(Cl)ccc2C)CC1. The molecule has 0 aliphatic carbocycles. The van der Waals surface area contributed by atoms with E-state index in [0.29, 0.717) is 0 Å². The number of hydrogen-bond donors (Lipinski definition) is 1. The highest BCUT2D eigenvalue weighted by Crippen LogP contribution is 2.25. The molecule has 1 saturated heterocycles. The summed E-state index contributed by atoms with van der Waals surface area (Å²) in [6, 6.07) is 6.10. The van der Waals surface area contributed by atoms with Crippen LogP contribution in [-0.2, 0) is 6.42 Å². The Morgan fingerprint density at radius 1 is 1.27 bits per heavy atom. The fourth-order valence-corrected chi connectivity index (χ4v) is 4.05. The highest BCUT2D eigenvalue weighted by molar-refractivity contribution is 7.09. The lowest BCUT2D eigenvalue weighted by atomic mass is 10.1. The lowest BCUT2D eigenvalue weighted by Gasteiger charge is -2.38. The summed E-state index contributed by atoms with van der Waals surface area (Å²) in [5.74, 6) is 0.972. The molecule has 2 aromatic rings. The average Bonchev–Trinajstić information content (AvgIpc) is 3.06. The van der Waals surface area contributed by atoms with Gasteiger partial charge in [0.2, 0.25) is 0 Å². The average molecular weight is 392 g/mol. The molecule has 1 N–H and O–H groups in total. The molecule has 26 heavy (non-hydrogen) atoms. The number of thiazole rings is 1. The molecular formula is C19H26ClN5S. The van der Waals surface area contributed by atoms with Gasteiger partial charge in [0, 0.05) is 62.3 Å². The second kappa shape index (κ2) is 8.73. The Morgan fingerprint density at radius 3 is 2.69 bits per heavy atom. The van der Waals surface area contributed by atoms with E-state index in [1.165, 1.54) is 11.3 Å². The Morgan fingerprint density at radius 2 is 2.04 bits per heavy atom. The van der Waals surface area contributed by atoms with Gasteiger partial charge >= 0.3 is 0 Å². The van der Waals surface area contributed by atoms with E-state index >= 15 is 0 Å². The first kappa shape index (κ1) is 19.0. The Balaban J connectivity index is 1.51. The van der Waals surface area contributed by atoms with Crippen molar-refractivity contribution in [2.24, 2.45) is 4.99 Å². The van der Waals surface area contributed by atoms with E-state index < -0.39 is 0 Å². The van der Waals surface area contributed by atoms with Crippen LogP contribution in [0.3, 0.4) is 0 Å². The number of aliphatic imine (C=N–C) groups is 1. The summed E-state index contributed by atoms with van der Waals surface area (Å²) in [6.07, 6.45) is 0.922. The molecule has 1 aromatic heterocycles. The Hall–Kier alpha value is -1.79. The van der Waals surface area contributed by atoms with Crippen molar-refractivity contribution in [3.05, 3.63) is 44.9 Å². The molecular weight excluding hydrogens is 366 g/mol. The third-order valence-corrected chi connectivity index (χ3v) is 5.69. The molecule has 1 aliphatic heterocycles. The van der Waals surface area contributed by atoms with Gasteiger partial charge in [-0.3, -0.25) is 4.99 Å². The Bertz CT molecular complexity index is 765. The van der Waals surface area contributed by atoms with Crippen molar-refractivity contribution < 1.29 is 0 Å². The molecule has 0 amide bonds. The molecule has 140 valence electrons. The first-order chi connectivity index (χ1) is 12.6. The Kier molecular flexibility index (Phi) is 6.38. The zero-order chi connectivity index (χ0) is 18.5. The summed E-state index contributed by atoms with van der Waals surface area (Å²) in [4.78, 5) is 13.7. The fraction of sp³-hybridized carbons (Fsp3) is 0.474. The monoisotopic (exact) mass is 391 g/mol. The maximum Gasteiger partial charge on any atom is 0.193 e. The Labute approximate surface area is 164 Å². The molecule has 5 nitrogen and oxygen atoms in total. The zero-order valence-electron chi connectivity index (χ0n) is 15.6. The minimum absolute atomic E-state index is 0.794. The van der Waals surface area contributed by atoms with Gasteiger partial charge in [-0.2, -0.15) is 0 Å². The minimum Gasteiger partial charge on any atom is -0.368 e. The molecule has 0 unspecified atom stereocenters. The second-order valence-electron chi connectivity index (χ2n) is 6.49. The highest BCUT2D eigenvalue weighted by Gasteiger charge is 2.20. The van der Waals surface area contributed by atoms with Crippen LogP contribution in [0, 0.1) is 13.8 Å². The number of halogens is 1. The zero-order valence-corrected chi connectivity index (χ0v) is 17.2. The summed E-state index contributed by atoms with van der Waals surface area (Å²) in [7, 11) is 1.85. The molecule has 0 bridgehead atoms. The van der Waals surface area contributed by atoms with E-state index in [0.717, 1.165) is 60.8 Å². The smallest absolute Gasteiger partial charge is 0.193 e. The van der Waals surface area contributed by atoms with Crippen molar-refractivity contribution in [3.8, 4) is 0 Å². The molecule has 2 heterocycles. The van der Waals surface area contributed by atoms with E-state index in [4.69, 9.17) is 11.6 Å². The van der Waals surface area contributed by atoms with Crippen LogP contribution in [0.15, 0.2) is 28.6 Å². The molecule has 0 spiro atoms. The van der Waals surface area contributed by atoms with Gasteiger partial charge in [-0.1, -0.05) is 17.7 Å². The quantitative estimate of drug-likeness (QED) is 0.641. The molecule has 3 rings (SSSR count). The first-order valence-electron chi connectivity index (χ1n) is 8.94. The van der Waals surface area contributed by atoms with Crippen LogP contribution in [0.1, 0.15) is 16.3 Å². The summed E-state index contributed by atoms with van der Waals surface area (Å²) in [6.45, 7) is 8.85. The molecule has 0 atom stereocenters. The van der Waals surface area contributed by atoms with Crippen molar-refractivity contribution in [1.29, 1.82) is 0 Å². The maximum absolute atomic E-state index is 6.18. The lowest BCUT2D eigenvalue weighted by Crippen LogP contribution is -2.53. The van der Waals surface area contributed by atoms with E-state index in [-0.39, 0.29) is 0 Å². The normalized spacial score (nSPS) is 15.5. The minimum atomic E-state index is 0.794. The molecule has 1 aliphatic rings. The van der Waals surface area contributed by atoms with Crippen LogP contribution >= 0.6 is 22.9 Å². The van der Waals surface area contributed by atoms with Gasteiger partial charge in [0.25, 0.3) is 0 Å². The fourth-order valence-electron chi connectivity index (χ4n) is 3.24. The van der Waals surface area contributed by atoms with Crippen molar-refractivity contribution in [2.45, 2.75) is 20.3 Å². The van der Waals surface area contributed by atoms with Crippen LogP contribution in [0.5, 0.6) is 0 Å². The van der Waals surface area contributed by atoms with Gasteiger partial charge in [0.15, 0.2) is 5.96 Å². The molecule has 7 heteroatoms. The first-order valence-corrected chi connectivity index (χ1v) is 10.2. The summed E-state index contributed by atoms with van der Waals surface area (Å²) in [5, 5.41) is 7.52. The third kappa shape index (κ3) is 4.68. The van der Waals surface area contributed by atoms with Crippen molar-refractivity contribution in [3.63, 3.8) is 0 Å². The van der Waals surface area contributed by atoms with Crippen LogP contribution in [0.25, 0.3) is 0 Å². The van der Waals surface area contributed by atoms with E-state index in [1.807, 2.05) is 20.0 Å². The van der Waals surface area contributed by atoms with E-state index in [2.05, 4.69) is 49.5 Å². The number of aryl methyl sites for hydroxylation is 2. The number of piperazine rings is 1. The van der Waals surface area contributed by atoms with Crippen molar-refractivity contribution in [1.82, 2.24) is 15.2 Å². The van der Waals surface area contributed by atoms with Gasteiger partial charge < -0.3 is 15.1 Å². The summed E-state index contributed by atoms with van der Waals surface area (Å²) in [5.41, 5.74) is 3.65. The molecule has 1 fully saturated rings. The third-order valence-electron chi connectivity index (χ3n) is 4.63. The van der Waals surface area contributed by atoms with Gasteiger partial charge in [-0.15, -0.1) is 11.3 Å². The van der Waals surface area contributed by atoms with Crippen molar-refractivity contribution >= 4 is 34.6 Å². The van der Waals surface area contributed by atoms with Crippen LogP contribution in [0.2, 0.25) is 5.02 Å². The number of benzene rings is 1. The van der Waals surface area contributed by atoms with Gasteiger partial charge in [-0.05, 0) is 31.5 Å². The number of nitrogens with zero attached hydrogens (tertiary/aromatic N) is 4. The maximum atomic E-state index is 6.18. The summed E-state index contributed by atoms with van der Waals surface area (Å²) >= 11 is 7.88. The molecule has 0 saturated carbocycles. The number of aromatic nitrogens is 1. The van der Waals surface area contributed by atoms with Crippen molar-refractivity contribution in [2.75, 3.05) is 44.7 Å². The number of guanidine groups is 1. The summed E-state index contributed by atoms with van der Waals surface area (Å²) < 4.78 is 0. The highest BCUT2D eigenvalue weighted by atomic mass is 35.5. The molecule has 1 aromatic carbocycles. The standard InChI is InChI=1S/C19H26ClN5S/c1-14-4-5-16(20)12-18(14)24-8-10-25(11-9-24)19(21-3)22-7-6-17-13-26-15(2)23-17/h4-5,12-13H,6-11H2,1-3H3,(H,21,22). The number of hydrogen-bond acceptors (Lipinski definition) is 4. The number of anilines is 1. The second-order valence-corrected chi connectivity index (χ2v) is 7.99.